The molecule has 0 aliphatic carbocycles. The lowest BCUT2D eigenvalue weighted by atomic mass is 10.4. The van der Waals surface area contributed by atoms with E-state index in [1.807, 2.05) is 0 Å². The molecule has 0 radical (unpaired) electrons. The molecule has 0 spiro atoms. The molecule has 0 unspecified atom stereocenters. The third kappa shape index (κ3) is 2.30. The molecule has 0 aromatic rings. The Morgan fingerprint density at radius 3 is 2.25 bits per heavy atom. The average Bonchev–Trinajstić information content (AvgIpc) is 1.67. The van der Waals surface area contributed by atoms with E-state index in [0.717, 1.165) is 0 Å². The summed E-state index contributed by atoms with van der Waals surface area (Å²) >= 11 is 0. The molecule has 46 valence electrons. The number of carbonyl (C=O) groups excluding carboxylic acids is 2. The summed E-state index contributed by atoms with van der Waals surface area (Å²) in [7, 11) is 1.49. The van der Waals surface area contributed by atoms with E-state index in [2.05, 4.69) is 5.32 Å². The first-order chi connectivity index (χ1) is 3.68. The molecule has 1 N–H and O–H groups in total. The summed E-state index contributed by atoms with van der Waals surface area (Å²) in [6, 6.07) is 0. The van der Waals surface area contributed by atoms with Crippen molar-refractivity contribution in [2.45, 2.75) is 0 Å². The lowest BCUT2D eigenvalue weighted by molar-refractivity contribution is -0.299. The van der Waals surface area contributed by atoms with Gasteiger partial charge in [0.15, 0.2) is 5.78 Å². The van der Waals surface area contributed by atoms with Crippen LogP contribution in [0.1, 0.15) is 0 Å². The van der Waals surface area contributed by atoms with Gasteiger partial charge in [-0.2, -0.15) is 0 Å². The number of carbonyl (C=O) groups is 2. The van der Waals surface area contributed by atoms with Crippen LogP contribution in [0, 0.1) is 0 Å². The summed E-state index contributed by atoms with van der Waals surface area (Å²) in [5.41, 5.74) is 0. The number of hydrogen-bond donors (Lipinski definition) is 1. The van der Waals surface area contributed by atoms with Crippen LogP contribution in [-0.2, 0) is 9.59 Å². The van der Waals surface area contributed by atoms with Gasteiger partial charge in [-0.15, -0.1) is 0 Å². The largest absolute Gasteiger partial charge is 0.542 e. The molecule has 0 aromatic heterocycles. The summed E-state index contributed by atoms with van der Waals surface area (Å²) in [5, 5.41) is 12.0. The van der Waals surface area contributed by atoms with Crippen LogP contribution in [-0.4, -0.2) is 25.3 Å². The Hall–Kier alpha value is -0.900. The van der Waals surface area contributed by atoms with Gasteiger partial charge in [0.1, 0.15) is 5.97 Å². The van der Waals surface area contributed by atoms with E-state index in [1.54, 1.807) is 0 Å². The fourth-order valence-corrected chi connectivity index (χ4v) is 0.233. The van der Waals surface area contributed by atoms with Crippen molar-refractivity contribution >= 4 is 11.8 Å². The van der Waals surface area contributed by atoms with E-state index in [9.17, 15) is 14.7 Å². The van der Waals surface area contributed by atoms with Gasteiger partial charge >= 0.3 is 0 Å². The van der Waals surface area contributed by atoms with E-state index in [4.69, 9.17) is 0 Å². The zero-order valence-electron chi connectivity index (χ0n) is 4.43. The van der Waals surface area contributed by atoms with Gasteiger partial charge in [-0.25, -0.2) is 0 Å². The predicted molar refractivity (Wildman–Crippen MR) is 23.9 cm³/mol. The molecule has 0 aliphatic rings. The van der Waals surface area contributed by atoms with Crippen LogP contribution in [0.3, 0.4) is 0 Å². The lowest BCUT2D eigenvalue weighted by Gasteiger charge is -1.96. The number of carboxylic acids is 1. The number of Topliss-reactive ketones (excluding diaryl/α,β-unsaturated/α-hetero) is 1. The van der Waals surface area contributed by atoms with Gasteiger partial charge in [-0.3, -0.25) is 4.79 Å². The van der Waals surface area contributed by atoms with Crippen molar-refractivity contribution in [2.24, 2.45) is 0 Å². The number of nitrogens with one attached hydrogen (secondary N) is 1. The summed E-state index contributed by atoms with van der Waals surface area (Å²) in [6.45, 7) is -0.164. The van der Waals surface area contributed by atoms with Crippen molar-refractivity contribution in [2.75, 3.05) is 13.6 Å². The van der Waals surface area contributed by atoms with Gasteiger partial charge in [0.25, 0.3) is 0 Å². The Bertz CT molecular complexity index is 110. The van der Waals surface area contributed by atoms with Crippen molar-refractivity contribution in [1.29, 1.82) is 0 Å². The van der Waals surface area contributed by atoms with Crippen molar-refractivity contribution < 1.29 is 14.7 Å². The first kappa shape index (κ1) is 7.10. The fraction of sp³-hybridized carbons (Fsp3) is 0.500. The highest BCUT2D eigenvalue weighted by Crippen LogP contribution is 1.61. The normalized spacial score (nSPS) is 8.62. The highest BCUT2D eigenvalue weighted by atomic mass is 16.4. The number of aliphatic carboxylic acids is 1. The van der Waals surface area contributed by atoms with Crippen LogP contribution in [0.2, 0.25) is 0 Å². The summed E-state index contributed by atoms with van der Waals surface area (Å²) in [5.74, 6) is -2.56. The van der Waals surface area contributed by atoms with Crippen molar-refractivity contribution in [1.82, 2.24) is 5.32 Å². The maximum atomic E-state index is 10.0. The highest BCUT2D eigenvalue weighted by molar-refractivity contribution is 6.32. The zero-order valence-corrected chi connectivity index (χ0v) is 4.43. The van der Waals surface area contributed by atoms with Gasteiger partial charge in [0, 0.05) is 0 Å². The Morgan fingerprint density at radius 1 is 1.62 bits per heavy atom. The van der Waals surface area contributed by atoms with Gasteiger partial charge < -0.3 is 15.2 Å². The topological polar surface area (TPSA) is 69.2 Å². The molecule has 0 fully saturated rings. The summed E-state index contributed by atoms with van der Waals surface area (Å²) in [4.78, 5) is 19.6. The monoisotopic (exact) mass is 116 g/mol. The van der Waals surface area contributed by atoms with Gasteiger partial charge in [0.2, 0.25) is 0 Å². The second-order valence-electron chi connectivity index (χ2n) is 1.24. The van der Waals surface area contributed by atoms with Crippen LogP contribution < -0.4 is 10.4 Å². The molecule has 8 heavy (non-hydrogen) atoms. The quantitative estimate of drug-likeness (QED) is 0.415. The first-order valence-electron chi connectivity index (χ1n) is 2.07. The van der Waals surface area contributed by atoms with Crippen LogP contribution in [0.4, 0.5) is 0 Å². The SMILES string of the molecule is CNCC(=O)C(=O)[O-]. The van der Waals surface area contributed by atoms with E-state index in [0.29, 0.717) is 0 Å². The number of likely N-dealkylation sites (N-methyl/N-ethyl adjacent to an activating group) is 1. The minimum absolute atomic E-state index is 0.164. The molecule has 0 heterocycles. The minimum atomic E-state index is -1.64. The van der Waals surface area contributed by atoms with Crippen molar-refractivity contribution in [3.05, 3.63) is 0 Å². The third-order valence-electron chi connectivity index (χ3n) is 0.565. The molecule has 0 aromatic carbocycles. The number of hydrogen-bond acceptors (Lipinski definition) is 4. The second kappa shape index (κ2) is 3.15. The second-order valence-corrected chi connectivity index (χ2v) is 1.24. The van der Waals surface area contributed by atoms with Gasteiger partial charge in [-0.1, -0.05) is 0 Å². The molecule has 0 bridgehead atoms. The smallest absolute Gasteiger partial charge is 0.191 e. The number of carboxylic acid groups (broad SMARTS) is 1. The molecular weight excluding hydrogens is 110 g/mol. The molecule has 0 saturated heterocycles. The third-order valence-corrected chi connectivity index (χ3v) is 0.565. The molecule has 0 aliphatic heterocycles. The molecule has 0 amide bonds. The van der Waals surface area contributed by atoms with E-state index in [1.165, 1.54) is 7.05 Å². The fourth-order valence-electron chi connectivity index (χ4n) is 0.233. The standard InChI is InChI=1S/C4H7NO3/c1-5-2-3(6)4(7)8/h5H,2H2,1H3,(H,7,8)/p-1. The average molecular weight is 116 g/mol. The Balaban J connectivity index is 3.49. The summed E-state index contributed by atoms with van der Waals surface area (Å²) in [6.07, 6.45) is 0. The zero-order chi connectivity index (χ0) is 6.57. The molecule has 0 rings (SSSR count). The Kier molecular flexibility index (Phi) is 2.79. The summed E-state index contributed by atoms with van der Waals surface area (Å²) < 4.78 is 0. The van der Waals surface area contributed by atoms with Crippen molar-refractivity contribution in [3.63, 3.8) is 0 Å². The van der Waals surface area contributed by atoms with Crippen LogP contribution in [0.25, 0.3) is 0 Å². The van der Waals surface area contributed by atoms with Crippen molar-refractivity contribution in [3.8, 4) is 0 Å². The molecule has 0 atom stereocenters. The molecule has 0 saturated carbocycles. The predicted octanol–water partition coefficient (Wildman–Crippen LogP) is -2.48. The van der Waals surface area contributed by atoms with Gasteiger partial charge in [0.05, 0.1) is 6.54 Å². The van der Waals surface area contributed by atoms with E-state index < -0.39 is 11.8 Å². The lowest BCUT2D eigenvalue weighted by Crippen LogP contribution is -2.37. The maximum Gasteiger partial charge on any atom is 0.191 e. The van der Waals surface area contributed by atoms with Crippen LogP contribution >= 0.6 is 0 Å². The van der Waals surface area contributed by atoms with E-state index >= 15 is 0 Å². The van der Waals surface area contributed by atoms with Crippen LogP contribution in [0.5, 0.6) is 0 Å². The Morgan fingerprint density at radius 2 is 2.12 bits per heavy atom. The Labute approximate surface area is 46.5 Å². The van der Waals surface area contributed by atoms with Crippen LogP contribution in [0.15, 0.2) is 0 Å². The number of rotatable bonds is 3. The number of ketones is 1. The molecule has 4 nitrogen and oxygen atoms in total. The first-order valence-corrected chi connectivity index (χ1v) is 2.07. The minimum Gasteiger partial charge on any atom is -0.542 e. The van der Waals surface area contributed by atoms with E-state index in [-0.39, 0.29) is 6.54 Å². The molecule has 4 heteroatoms. The van der Waals surface area contributed by atoms with Gasteiger partial charge in [-0.05, 0) is 7.05 Å². The molecular formula is C4H6NO3-. The highest BCUT2D eigenvalue weighted by Gasteiger charge is 1.96. The maximum absolute atomic E-state index is 10.0.